The van der Waals surface area contributed by atoms with Crippen LogP contribution in [0.5, 0.6) is 0 Å². The highest BCUT2D eigenvalue weighted by atomic mass is 32.1. The summed E-state index contributed by atoms with van der Waals surface area (Å²) in [6.07, 6.45) is 1.65. The molecule has 0 saturated heterocycles. The maximum atomic E-state index is 13.2. The lowest BCUT2D eigenvalue weighted by Crippen LogP contribution is -2.43. The van der Waals surface area contributed by atoms with Crippen molar-refractivity contribution < 1.29 is 9.59 Å². The molecule has 2 aliphatic rings. The van der Waals surface area contributed by atoms with E-state index in [9.17, 15) is 9.59 Å². The number of thiophene rings is 1. The van der Waals surface area contributed by atoms with Crippen molar-refractivity contribution in [3.05, 3.63) is 63.5 Å². The van der Waals surface area contributed by atoms with Crippen LogP contribution in [0.2, 0.25) is 0 Å². The lowest BCUT2D eigenvalue weighted by molar-refractivity contribution is -0.120. The molecule has 0 fully saturated rings. The van der Waals surface area contributed by atoms with Crippen molar-refractivity contribution in [1.29, 1.82) is 0 Å². The summed E-state index contributed by atoms with van der Waals surface area (Å²) < 4.78 is 0. The monoisotopic (exact) mass is 365 g/mol. The predicted molar refractivity (Wildman–Crippen MR) is 105 cm³/mol. The third-order valence-electron chi connectivity index (χ3n) is 5.39. The van der Waals surface area contributed by atoms with E-state index in [0.717, 1.165) is 33.8 Å². The van der Waals surface area contributed by atoms with Crippen molar-refractivity contribution in [1.82, 2.24) is 0 Å². The van der Waals surface area contributed by atoms with Crippen molar-refractivity contribution in [2.24, 2.45) is 5.41 Å². The van der Waals surface area contributed by atoms with E-state index in [4.69, 9.17) is 0 Å². The van der Waals surface area contributed by atoms with E-state index in [1.54, 1.807) is 11.3 Å². The van der Waals surface area contributed by atoms with E-state index in [-0.39, 0.29) is 23.0 Å². The number of carbonyl (C=O) groups excluding carboxylic acids is 2. The second kappa shape index (κ2) is 6.20. The number of carbonyl (C=O) groups is 2. The fourth-order valence-corrected chi connectivity index (χ4v) is 5.08. The van der Waals surface area contributed by atoms with Crippen LogP contribution in [0, 0.1) is 12.3 Å². The minimum Gasteiger partial charge on any atom is -0.294 e. The molecule has 2 aromatic rings. The first-order chi connectivity index (χ1) is 12.4. The zero-order valence-corrected chi connectivity index (χ0v) is 16.2. The van der Waals surface area contributed by atoms with Gasteiger partial charge >= 0.3 is 0 Å². The van der Waals surface area contributed by atoms with Crippen molar-refractivity contribution in [2.45, 2.75) is 46.0 Å². The highest BCUT2D eigenvalue weighted by molar-refractivity contribution is 7.10. The third-order valence-corrected chi connectivity index (χ3v) is 6.37. The van der Waals surface area contributed by atoms with Gasteiger partial charge < -0.3 is 0 Å². The molecule has 4 heteroatoms. The SMILES string of the molecule is Cc1ccccc1N1C(=O)CC(c2cccs2)C2=C1CC(C)(C)CC2=O. The van der Waals surface area contributed by atoms with Crippen molar-refractivity contribution in [3.63, 3.8) is 0 Å². The molecule has 1 unspecified atom stereocenters. The summed E-state index contributed by atoms with van der Waals surface area (Å²) in [6.45, 7) is 6.25. The number of Topliss-reactive ketones (excluding diaryl/α,β-unsaturated/α-hetero) is 1. The molecule has 0 saturated carbocycles. The Bertz CT molecular complexity index is 908. The normalized spacial score (nSPS) is 22.6. The Balaban J connectivity index is 1.92. The molecule has 1 aromatic carbocycles. The second-order valence-corrected chi connectivity index (χ2v) is 9.07. The molecular formula is C22H23NO2S. The average Bonchev–Trinajstić information content (AvgIpc) is 3.08. The summed E-state index contributed by atoms with van der Waals surface area (Å²) in [5.41, 5.74) is 3.59. The molecule has 0 N–H and O–H groups in total. The maximum absolute atomic E-state index is 13.2. The number of amides is 1. The minimum absolute atomic E-state index is 0.0851. The van der Waals surface area contributed by atoms with Crippen LogP contribution < -0.4 is 4.90 Å². The molecule has 3 nitrogen and oxygen atoms in total. The summed E-state index contributed by atoms with van der Waals surface area (Å²) >= 11 is 1.63. The minimum atomic E-state index is -0.130. The first kappa shape index (κ1) is 17.2. The molecule has 1 atom stereocenters. The highest BCUT2D eigenvalue weighted by Gasteiger charge is 2.44. The maximum Gasteiger partial charge on any atom is 0.232 e. The van der Waals surface area contributed by atoms with Crippen LogP contribution in [0.1, 0.15) is 49.5 Å². The van der Waals surface area contributed by atoms with E-state index in [1.807, 2.05) is 53.6 Å². The predicted octanol–water partition coefficient (Wildman–Crippen LogP) is 5.22. The number of hydrogen-bond acceptors (Lipinski definition) is 3. The highest BCUT2D eigenvalue weighted by Crippen LogP contribution is 2.49. The largest absolute Gasteiger partial charge is 0.294 e. The zero-order valence-electron chi connectivity index (χ0n) is 15.4. The second-order valence-electron chi connectivity index (χ2n) is 8.09. The Morgan fingerprint density at radius 1 is 1.08 bits per heavy atom. The van der Waals surface area contributed by atoms with Gasteiger partial charge in [-0.1, -0.05) is 38.1 Å². The topological polar surface area (TPSA) is 37.4 Å². The number of rotatable bonds is 2. The molecule has 134 valence electrons. The van der Waals surface area contributed by atoms with Crippen molar-refractivity contribution in [2.75, 3.05) is 4.90 Å². The molecule has 4 rings (SSSR count). The van der Waals surface area contributed by atoms with Crippen LogP contribution in [0.3, 0.4) is 0 Å². The summed E-state index contributed by atoms with van der Waals surface area (Å²) in [6, 6.07) is 12.0. The third kappa shape index (κ3) is 2.82. The van der Waals surface area contributed by atoms with E-state index >= 15 is 0 Å². The number of aryl methyl sites for hydroxylation is 1. The first-order valence-electron chi connectivity index (χ1n) is 9.05. The van der Waals surface area contributed by atoms with Gasteiger partial charge in [-0.15, -0.1) is 11.3 Å². The number of para-hydroxylation sites is 1. The fourth-order valence-electron chi connectivity index (χ4n) is 4.24. The summed E-state index contributed by atoms with van der Waals surface area (Å²) in [7, 11) is 0. The Hall–Kier alpha value is -2.20. The number of allylic oxidation sites excluding steroid dienone is 2. The van der Waals surface area contributed by atoms with E-state index in [2.05, 4.69) is 13.8 Å². The van der Waals surface area contributed by atoms with Gasteiger partial charge in [-0.3, -0.25) is 14.5 Å². The van der Waals surface area contributed by atoms with Crippen molar-refractivity contribution >= 4 is 28.7 Å². The number of hydrogen-bond donors (Lipinski definition) is 0. The summed E-state index contributed by atoms with van der Waals surface area (Å²) in [5.74, 6) is 0.184. The average molecular weight is 365 g/mol. The Morgan fingerprint density at radius 3 is 2.54 bits per heavy atom. The number of nitrogens with zero attached hydrogens (tertiary/aromatic N) is 1. The van der Waals surface area contributed by atoms with Gasteiger partial charge in [0.05, 0.1) is 5.69 Å². The van der Waals surface area contributed by atoms with Crippen LogP contribution in [0.4, 0.5) is 5.69 Å². The summed E-state index contributed by atoms with van der Waals surface area (Å²) in [4.78, 5) is 29.3. The number of anilines is 1. The van der Waals surface area contributed by atoms with E-state index in [1.165, 1.54) is 0 Å². The van der Waals surface area contributed by atoms with Gasteiger partial charge in [-0.2, -0.15) is 0 Å². The Labute approximate surface area is 158 Å². The molecule has 1 aliphatic heterocycles. The Kier molecular flexibility index (Phi) is 4.11. The van der Waals surface area contributed by atoms with Gasteiger partial charge in [0.2, 0.25) is 5.91 Å². The van der Waals surface area contributed by atoms with Gasteiger partial charge in [0, 0.05) is 34.9 Å². The van der Waals surface area contributed by atoms with E-state index in [0.29, 0.717) is 12.8 Å². The Morgan fingerprint density at radius 2 is 1.85 bits per heavy atom. The fraction of sp³-hybridized carbons (Fsp3) is 0.364. The number of ketones is 1. The molecular weight excluding hydrogens is 342 g/mol. The zero-order chi connectivity index (χ0) is 18.5. The standard InChI is InChI=1S/C22H23NO2S/c1-14-7-4-5-8-16(14)23-17-12-22(2,3)13-18(24)21(17)15(11-20(23)25)19-9-6-10-26-19/h4-10,15H,11-13H2,1-3H3. The molecule has 0 spiro atoms. The van der Waals surface area contributed by atoms with Crippen LogP contribution in [0.15, 0.2) is 53.0 Å². The first-order valence-corrected chi connectivity index (χ1v) is 9.93. The van der Waals surface area contributed by atoms with Gasteiger partial charge in [-0.05, 0) is 41.8 Å². The molecule has 1 amide bonds. The quantitative estimate of drug-likeness (QED) is 0.732. The summed E-state index contributed by atoms with van der Waals surface area (Å²) in [5, 5.41) is 2.02. The van der Waals surface area contributed by atoms with Crippen LogP contribution in [0.25, 0.3) is 0 Å². The van der Waals surface area contributed by atoms with Gasteiger partial charge in [0.15, 0.2) is 5.78 Å². The lowest BCUT2D eigenvalue weighted by atomic mass is 9.70. The molecule has 0 radical (unpaired) electrons. The van der Waals surface area contributed by atoms with Crippen molar-refractivity contribution in [3.8, 4) is 0 Å². The molecule has 1 aromatic heterocycles. The molecule has 1 aliphatic carbocycles. The van der Waals surface area contributed by atoms with Gasteiger partial charge in [0.1, 0.15) is 0 Å². The molecule has 2 heterocycles. The molecule has 26 heavy (non-hydrogen) atoms. The lowest BCUT2D eigenvalue weighted by Gasteiger charge is -2.43. The van der Waals surface area contributed by atoms with Crippen LogP contribution >= 0.6 is 11.3 Å². The van der Waals surface area contributed by atoms with Crippen LogP contribution in [-0.4, -0.2) is 11.7 Å². The van der Waals surface area contributed by atoms with E-state index < -0.39 is 0 Å². The number of benzene rings is 1. The van der Waals surface area contributed by atoms with Gasteiger partial charge in [0.25, 0.3) is 0 Å². The smallest absolute Gasteiger partial charge is 0.232 e. The van der Waals surface area contributed by atoms with Crippen LogP contribution in [-0.2, 0) is 9.59 Å². The molecule has 0 bridgehead atoms. The van der Waals surface area contributed by atoms with Gasteiger partial charge in [-0.25, -0.2) is 0 Å².